The molecule has 0 atom stereocenters. The second kappa shape index (κ2) is 4.48. The highest BCUT2D eigenvalue weighted by Crippen LogP contribution is 2.52. The Bertz CT molecular complexity index is 347. The van der Waals surface area contributed by atoms with Crippen LogP contribution >= 0.6 is 0 Å². The van der Waals surface area contributed by atoms with Gasteiger partial charge in [0.1, 0.15) is 0 Å². The van der Waals surface area contributed by atoms with Crippen molar-refractivity contribution in [3.05, 3.63) is 35.9 Å². The van der Waals surface area contributed by atoms with E-state index in [0.717, 1.165) is 5.92 Å². The van der Waals surface area contributed by atoms with Gasteiger partial charge in [0.25, 0.3) is 0 Å². The number of rotatable bonds is 1. The third-order valence-electron chi connectivity index (χ3n) is 5.17. The van der Waals surface area contributed by atoms with Gasteiger partial charge >= 0.3 is 0 Å². The molecule has 1 aromatic carbocycles. The lowest BCUT2D eigenvalue weighted by Gasteiger charge is -2.47. The summed E-state index contributed by atoms with van der Waals surface area (Å²) >= 11 is 0. The average molecular weight is 230 g/mol. The van der Waals surface area contributed by atoms with E-state index in [1.807, 2.05) is 0 Å². The summed E-state index contributed by atoms with van der Waals surface area (Å²) in [6, 6.07) is 11.1. The third kappa shape index (κ3) is 2.56. The number of hydrogen-bond acceptors (Lipinski definition) is 0. The lowest BCUT2D eigenvalue weighted by molar-refractivity contribution is 0.0531. The van der Waals surface area contributed by atoms with Crippen molar-refractivity contribution in [2.24, 2.45) is 10.8 Å². The molecule has 0 heterocycles. The van der Waals surface area contributed by atoms with Gasteiger partial charge in [0, 0.05) is 0 Å². The van der Waals surface area contributed by atoms with Crippen molar-refractivity contribution in [3.63, 3.8) is 0 Å². The van der Waals surface area contributed by atoms with Crippen LogP contribution in [0.5, 0.6) is 0 Å². The minimum atomic E-state index is 0.439. The van der Waals surface area contributed by atoms with Gasteiger partial charge in [0.05, 0.1) is 0 Å². The third-order valence-corrected chi connectivity index (χ3v) is 5.17. The molecule has 1 fully saturated rings. The fraction of sp³-hybridized carbons (Fsp3) is 0.647. The van der Waals surface area contributed by atoms with Crippen molar-refractivity contribution in [1.82, 2.24) is 0 Å². The highest BCUT2D eigenvalue weighted by Gasteiger charge is 2.40. The van der Waals surface area contributed by atoms with E-state index < -0.39 is 0 Å². The molecular formula is C17H26. The first kappa shape index (κ1) is 12.7. The largest absolute Gasteiger partial charge is 0.0622 e. The van der Waals surface area contributed by atoms with Crippen LogP contribution in [-0.4, -0.2) is 0 Å². The molecule has 0 aliphatic heterocycles. The van der Waals surface area contributed by atoms with Crippen molar-refractivity contribution in [2.45, 2.75) is 59.3 Å². The van der Waals surface area contributed by atoms with Crippen LogP contribution in [0.15, 0.2) is 30.3 Å². The van der Waals surface area contributed by atoms with Crippen LogP contribution in [0, 0.1) is 10.8 Å². The second-order valence-electron chi connectivity index (χ2n) is 7.00. The molecule has 17 heavy (non-hydrogen) atoms. The molecule has 1 aliphatic rings. The fourth-order valence-corrected chi connectivity index (χ4v) is 3.06. The summed E-state index contributed by atoms with van der Waals surface area (Å²) < 4.78 is 0. The summed E-state index contributed by atoms with van der Waals surface area (Å²) in [5, 5.41) is 0. The molecule has 0 saturated heterocycles. The Balaban J connectivity index is 2.04. The molecule has 0 radical (unpaired) electrons. The van der Waals surface area contributed by atoms with Crippen LogP contribution in [0.25, 0.3) is 0 Å². The van der Waals surface area contributed by atoms with Crippen LogP contribution in [-0.2, 0) is 0 Å². The Hall–Kier alpha value is -0.780. The predicted molar refractivity (Wildman–Crippen MR) is 75.2 cm³/mol. The van der Waals surface area contributed by atoms with Crippen molar-refractivity contribution in [3.8, 4) is 0 Å². The molecule has 1 aliphatic carbocycles. The second-order valence-corrected chi connectivity index (χ2v) is 7.00. The maximum absolute atomic E-state index is 2.48. The van der Waals surface area contributed by atoms with Crippen molar-refractivity contribution in [2.75, 3.05) is 0 Å². The van der Waals surface area contributed by atoms with Gasteiger partial charge in [-0.1, -0.05) is 58.0 Å². The quantitative estimate of drug-likeness (QED) is 0.606. The van der Waals surface area contributed by atoms with Gasteiger partial charge in [-0.3, -0.25) is 0 Å². The molecule has 1 saturated carbocycles. The Morgan fingerprint density at radius 2 is 1.53 bits per heavy atom. The summed E-state index contributed by atoms with van der Waals surface area (Å²) in [7, 11) is 0. The van der Waals surface area contributed by atoms with E-state index in [2.05, 4.69) is 58.0 Å². The molecule has 0 nitrogen and oxygen atoms in total. The smallest absolute Gasteiger partial charge is 0.0162 e. The zero-order chi connectivity index (χ0) is 12.5. The molecule has 0 spiro atoms. The van der Waals surface area contributed by atoms with E-state index in [1.54, 1.807) is 5.56 Å². The van der Waals surface area contributed by atoms with E-state index in [-0.39, 0.29) is 0 Å². The zero-order valence-electron chi connectivity index (χ0n) is 11.8. The van der Waals surface area contributed by atoms with Crippen molar-refractivity contribution < 1.29 is 0 Å². The van der Waals surface area contributed by atoms with Gasteiger partial charge in [-0.2, -0.15) is 0 Å². The predicted octanol–water partition coefficient (Wildman–Crippen LogP) is 5.40. The van der Waals surface area contributed by atoms with Crippen LogP contribution in [0.2, 0.25) is 0 Å². The van der Waals surface area contributed by atoms with Crippen molar-refractivity contribution >= 4 is 0 Å². The van der Waals surface area contributed by atoms with E-state index in [0.29, 0.717) is 10.8 Å². The minimum Gasteiger partial charge on any atom is -0.0622 e. The first-order valence-corrected chi connectivity index (χ1v) is 6.97. The maximum atomic E-state index is 2.48. The topological polar surface area (TPSA) is 0 Å². The monoisotopic (exact) mass is 230 g/mol. The first-order chi connectivity index (χ1) is 7.92. The molecule has 1 aromatic rings. The summed E-state index contributed by atoms with van der Waals surface area (Å²) in [5.74, 6) is 0.798. The van der Waals surface area contributed by atoms with Crippen LogP contribution in [0.1, 0.15) is 64.9 Å². The van der Waals surface area contributed by atoms with E-state index in [9.17, 15) is 0 Å². The van der Waals surface area contributed by atoms with E-state index >= 15 is 0 Å². The highest BCUT2D eigenvalue weighted by molar-refractivity contribution is 5.20. The molecular weight excluding hydrogens is 204 g/mol. The highest BCUT2D eigenvalue weighted by atomic mass is 14.4. The summed E-state index contributed by atoms with van der Waals surface area (Å²) in [6.45, 7) is 9.68. The first-order valence-electron chi connectivity index (χ1n) is 6.97. The lowest BCUT2D eigenvalue weighted by Crippen LogP contribution is -2.36. The lowest BCUT2D eigenvalue weighted by atomic mass is 9.58. The molecule has 0 bridgehead atoms. The summed E-state index contributed by atoms with van der Waals surface area (Å²) in [6.07, 6.45) is 5.46. The SMILES string of the molecule is CC(C)(C)C1(C)CCC(c2ccccc2)CC1. The van der Waals surface area contributed by atoms with Gasteiger partial charge in [-0.25, -0.2) is 0 Å². The maximum Gasteiger partial charge on any atom is -0.0162 e. The summed E-state index contributed by atoms with van der Waals surface area (Å²) in [4.78, 5) is 0. The molecule has 0 N–H and O–H groups in total. The fourth-order valence-electron chi connectivity index (χ4n) is 3.06. The van der Waals surface area contributed by atoms with Gasteiger partial charge in [-0.15, -0.1) is 0 Å². The van der Waals surface area contributed by atoms with E-state index in [1.165, 1.54) is 25.7 Å². The van der Waals surface area contributed by atoms with Gasteiger partial charge in [0.2, 0.25) is 0 Å². The van der Waals surface area contributed by atoms with E-state index in [4.69, 9.17) is 0 Å². The van der Waals surface area contributed by atoms with Crippen molar-refractivity contribution in [1.29, 1.82) is 0 Å². The zero-order valence-corrected chi connectivity index (χ0v) is 11.8. The van der Waals surface area contributed by atoms with Crippen LogP contribution in [0.4, 0.5) is 0 Å². The average Bonchev–Trinajstić information content (AvgIpc) is 2.30. The molecule has 0 aromatic heterocycles. The number of benzene rings is 1. The van der Waals surface area contributed by atoms with Gasteiger partial charge in [-0.05, 0) is 48.0 Å². The molecule has 0 amide bonds. The Morgan fingerprint density at radius 1 is 1.00 bits per heavy atom. The molecule has 94 valence electrons. The Morgan fingerprint density at radius 3 is 2.00 bits per heavy atom. The Labute approximate surface area is 106 Å². The van der Waals surface area contributed by atoms with Gasteiger partial charge < -0.3 is 0 Å². The normalized spacial score (nSPS) is 30.2. The molecule has 0 unspecified atom stereocenters. The number of hydrogen-bond donors (Lipinski definition) is 0. The van der Waals surface area contributed by atoms with Gasteiger partial charge in [0.15, 0.2) is 0 Å². The standard InChI is InChI=1S/C17H26/c1-16(2,3)17(4)12-10-15(11-13-17)14-8-6-5-7-9-14/h5-9,15H,10-13H2,1-4H3. The summed E-state index contributed by atoms with van der Waals surface area (Å²) in [5.41, 5.74) is 2.51. The van der Waals surface area contributed by atoms with Crippen LogP contribution < -0.4 is 0 Å². The van der Waals surface area contributed by atoms with Crippen LogP contribution in [0.3, 0.4) is 0 Å². The molecule has 0 heteroatoms. The Kier molecular flexibility index (Phi) is 3.34. The molecule has 2 rings (SSSR count). The minimum absolute atomic E-state index is 0.439.